The molecule has 4 heteroatoms. The van der Waals surface area contributed by atoms with Gasteiger partial charge in [0.25, 0.3) is 0 Å². The molecule has 0 saturated carbocycles. The highest BCUT2D eigenvalue weighted by Gasteiger charge is 2.13. The first-order valence-electron chi connectivity index (χ1n) is 7.26. The van der Waals surface area contributed by atoms with E-state index in [-0.39, 0.29) is 11.8 Å². The summed E-state index contributed by atoms with van der Waals surface area (Å²) in [4.78, 5) is 20.4. The SMILES string of the molecule is CCc1ncc(NC(=O)C[C@@H](C)c2ccccc2C)cn1. The largest absolute Gasteiger partial charge is 0.323 e. The Morgan fingerprint density at radius 1 is 1.24 bits per heavy atom. The molecule has 0 fully saturated rings. The third kappa shape index (κ3) is 4.12. The van der Waals surface area contributed by atoms with E-state index in [1.807, 2.05) is 19.1 Å². The maximum atomic E-state index is 12.1. The molecule has 0 bridgehead atoms. The van der Waals surface area contributed by atoms with E-state index in [2.05, 4.69) is 41.3 Å². The number of anilines is 1. The van der Waals surface area contributed by atoms with E-state index in [1.54, 1.807) is 12.4 Å². The fourth-order valence-corrected chi connectivity index (χ4v) is 2.34. The molecule has 0 aliphatic heterocycles. The number of nitrogens with one attached hydrogen (secondary N) is 1. The molecule has 0 aliphatic rings. The number of amides is 1. The summed E-state index contributed by atoms with van der Waals surface area (Å²) in [6.07, 6.45) is 4.54. The van der Waals surface area contributed by atoms with Crippen LogP contribution in [0, 0.1) is 6.92 Å². The van der Waals surface area contributed by atoms with Gasteiger partial charge >= 0.3 is 0 Å². The summed E-state index contributed by atoms with van der Waals surface area (Å²) in [5.74, 6) is 0.946. The Kier molecular flexibility index (Phi) is 5.04. The average Bonchev–Trinajstić information content (AvgIpc) is 2.48. The zero-order valence-corrected chi connectivity index (χ0v) is 12.8. The minimum Gasteiger partial charge on any atom is -0.323 e. The van der Waals surface area contributed by atoms with E-state index in [1.165, 1.54) is 11.1 Å². The first-order valence-corrected chi connectivity index (χ1v) is 7.26. The second-order valence-electron chi connectivity index (χ2n) is 5.25. The first-order chi connectivity index (χ1) is 10.1. The van der Waals surface area contributed by atoms with Crippen molar-refractivity contribution in [3.8, 4) is 0 Å². The third-order valence-electron chi connectivity index (χ3n) is 3.52. The first kappa shape index (κ1) is 15.2. The van der Waals surface area contributed by atoms with Crippen LogP contribution in [0.25, 0.3) is 0 Å². The fraction of sp³-hybridized carbons (Fsp3) is 0.353. The number of rotatable bonds is 5. The van der Waals surface area contributed by atoms with E-state index < -0.39 is 0 Å². The Hall–Kier alpha value is -2.23. The van der Waals surface area contributed by atoms with Crippen LogP contribution in [0.15, 0.2) is 36.7 Å². The lowest BCUT2D eigenvalue weighted by Crippen LogP contribution is -2.15. The summed E-state index contributed by atoms with van der Waals surface area (Å²) in [5, 5.41) is 2.85. The standard InChI is InChI=1S/C17H21N3O/c1-4-16-18-10-14(11-19-16)20-17(21)9-13(3)15-8-6-5-7-12(15)2/h5-8,10-11,13H,4,9H2,1-3H3,(H,20,21)/t13-/m1/s1. The Balaban J connectivity index is 1.96. The minimum absolute atomic E-state index is 0.0152. The van der Waals surface area contributed by atoms with Crippen LogP contribution in [-0.4, -0.2) is 15.9 Å². The lowest BCUT2D eigenvalue weighted by Gasteiger charge is -2.14. The van der Waals surface area contributed by atoms with Crippen molar-refractivity contribution in [2.24, 2.45) is 0 Å². The van der Waals surface area contributed by atoms with Gasteiger partial charge in [-0.2, -0.15) is 0 Å². The van der Waals surface area contributed by atoms with Crippen LogP contribution >= 0.6 is 0 Å². The number of carbonyl (C=O) groups is 1. The van der Waals surface area contributed by atoms with Gasteiger partial charge in [0.05, 0.1) is 18.1 Å². The molecule has 1 aromatic carbocycles. The zero-order valence-electron chi connectivity index (χ0n) is 12.8. The molecular weight excluding hydrogens is 262 g/mol. The molecule has 21 heavy (non-hydrogen) atoms. The number of carbonyl (C=O) groups excluding carboxylic acids is 1. The zero-order chi connectivity index (χ0) is 15.2. The highest BCUT2D eigenvalue weighted by molar-refractivity contribution is 5.90. The molecule has 0 spiro atoms. The Morgan fingerprint density at radius 2 is 1.90 bits per heavy atom. The Morgan fingerprint density at radius 3 is 2.52 bits per heavy atom. The summed E-state index contributed by atoms with van der Waals surface area (Å²) in [7, 11) is 0. The summed E-state index contributed by atoms with van der Waals surface area (Å²) in [5.41, 5.74) is 3.08. The molecule has 110 valence electrons. The normalized spacial score (nSPS) is 12.0. The fourth-order valence-electron chi connectivity index (χ4n) is 2.34. The predicted molar refractivity (Wildman–Crippen MR) is 84.3 cm³/mol. The highest BCUT2D eigenvalue weighted by Crippen LogP contribution is 2.22. The van der Waals surface area contributed by atoms with Crippen LogP contribution in [0.3, 0.4) is 0 Å². The van der Waals surface area contributed by atoms with Gasteiger partial charge in [0, 0.05) is 12.8 Å². The lowest BCUT2D eigenvalue weighted by molar-refractivity contribution is -0.116. The molecule has 1 atom stereocenters. The molecule has 2 rings (SSSR count). The third-order valence-corrected chi connectivity index (χ3v) is 3.52. The van der Waals surface area contributed by atoms with E-state index in [4.69, 9.17) is 0 Å². The number of aromatic nitrogens is 2. The maximum absolute atomic E-state index is 12.1. The van der Waals surface area contributed by atoms with Crippen LogP contribution in [0.1, 0.15) is 43.1 Å². The lowest BCUT2D eigenvalue weighted by atomic mass is 9.93. The molecule has 1 N–H and O–H groups in total. The quantitative estimate of drug-likeness (QED) is 0.914. The van der Waals surface area contributed by atoms with Crippen LogP contribution in [0.2, 0.25) is 0 Å². The van der Waals surface area contributed by atoms with Crippen LogP contribution in [0.4, 0.5) is 5.69 Å². The van der Waals surface area contributed by atoms with Crippen molar-refractivity contribution < 1.29 is 4.79 Å². The van der Waals surface area contributed by atoms with Crippen LogP contribution in [-0.2, 0) is 11.2 Å². The molecule has 4 nitrogen and oxygen atoms in total. The van der Waals surface area contributed by atoms with Crippen molar-refractivity contribution in [2.45, 2.75) is 39.5 Å². The monoisotopic (exact) mass is 283 g/mol. The van der Waals surface area contributed by atoms with Crippen molar-refractivity contribution in [2.75, 3.05) is 5.32 Å². The molecule has 2 aromatic rings. The van der Waals surface area contributed by atoms with E-state index in [0.717, 1.165) is 12.2 Å². The van der Waals surface area contributed by atoms with Gasteiger partial charge in [0.2, 0.25) is 5.91 Å². The van der Waals surface area contributed by atoms with Gasteiger partial charge in [-0.1, -0.05) is 38.1 Å². The van der Waals surface area contributed by atoms with Gasteiger partial charge in [0.15, 0.2) is 0 Å². The molecule has 0 aliphatic carbocycles. The summed E-state index contributed by atoms with van der Waals surface area (Å²) in [6, 6.07) is 8.17. The van der Waals surface area contributed by atoms with E-state index in [0.29, 0.717) is 12.1 Å². The summed E-state index contributed by atoms with van der Waals surface area (Å²) >= 11 is 0. The van der Waals surface area contributed by atoms with E-state index >= 15 is 0 Å². The number of nitrogens with zero attached hydrogens (tertiary/aromatic N) is 2. The number of aryl methyl sites for hydroxylation is 2. The van der Waals surface area contributed by atoms with Crippen LogP contribution < -0.4 is 5.32 Å². The van der Waals surface area contributed by atoms with Crippen molar-refractivity contribution in [3.05, 3.63) is 53.6 Å². The van der Waals surface area contributed by atoms with Gasteiger partial charge in [-0.25, -0.2) is 9.97 Å². The van der Waals surface area contributed by atoms with Gasteiger partial charge in [-0.05, 0) is 24.0 Å². The molecule has 0 radical (unpaired) electrons. The smallest absolute Gasteiger partial charge is 0.225 e. The maximum Gasteiger partial charge on any atom is 0.225 e. The van der Waals surface area contributed by atoms with Crippen molar-refractivity contribution in [3.63, 3.8) is 0 Å². The molecule has 0 unspecified atom stereocenters. The Bertz CT molecular complexity index is 608. The van der Waals surface area contributed by atoms with E-state index in [9.17, 15) is 4.79 Å². The topological polar surface area (TPSA) is 54.9 Å². The molecule has 1 amide bonds. The van der Waals surface area contributed by atoms with Crippen LogP contribution in [0.5, 0.6) is 0 Å². The second kappa shape index (κ2) is 6.97. The average molecular weight is 283 g/mol. The minimum atomic E-state index is -0.0152. The molecular formula is C17H21N3O. The summed E-state index contributed by atoms with van der Waals surface area (Å²) < 4.78 is 0. The van der Waals surface area contributed by atoms with Gasteiger partial charge < -0.3 is 5.32 Å². The molecule has 1 aromatic heterocycles. The molecule has 1 heterocycles. The number of benzene rings is 1. The van der Waals surface area contributed by atoms with Crippen molar-refractivity contribution in [1.82, 2.24) is 9.97 Å². The number of hydrogen-bond donors (Lipinski definition) is 1. The number of hydrogen-bond acceptors (Lipinski definition) is 3. The highest BCUT2D eigenvalue weighted by atomic mass is 16.1. The van der Waals surface area contributed by atoms with Gasteiger partial charge in [-0.3, -0.25) is 4.79 Å². The summed E-state index contributed by atoms with van der Waals surface area (Å²) in [6.45, 7) is 6.14. The molecule has 0 saturated heterocycles. The van der Waals surface area contributed by atoms with Crippen molar-refractivity contribution in [1.29, 1.82) is 0 Å². The van der Waals surface area contributed by atoms with Gasteiger partial charge in [0.1, 0.15) is 5.82 Å². The second-order valence-corrected chi connectivity index (χ2v) is 5.25. The van der Waals surface area contributed by atoms with Crippen molar-refractivity contribution >= 4 is 11.6 Å². The Labute approximate surface area is 125 Å². The van der Waals surface area contributed by atoms with Gasteiger partial charge in [-0.15, -0.1) is 0 Å². The predicted octanol–water partition coefficient (Wildman–Crippen LogP) is 3.48.